The molecule has 0 radical (unpaired) electrons. The molecule has 0 bridgehead atoms. The summed E-state index contributed by atoms with van der Waals surface area (Å²) in [4.78, 5) is 19.8. The van der Waals surface area contributed by atoms with Gasteiger partial charge in [-0.15, -0.1) is 0 Å². The zero-order chi connectivity index (χ0) is 22.9. The lowest BCUT2D eigenvalue weighted by molar-refractivity contribution is -0.139. The Bertz CT molecular complexity index is 334. The Kier molecular flexibility index (Phi) is 29.8. The summed E-state index contributed by atoms with van der Waals surface area (Å²) >= 11 is 0. The van der Waals surface area contributed by atoms with Crippen LogP contribution in [0.3, 0.4) is 0 Å². The van der Waals surface area contributed by atoms with Crippen molar-refractivity contribution >= 4 is 11.9 Å². The molecule has 10 nitrogen and oxygen atoms in total. The first kappa shape index (κ1) is 32.4. The average molecular weight is 429 g/mol. The van der Waals surface area contributed by atoms with Crippen LogP contribution in [0.25, 0.3) is 0 Å². The molecule has 176 valence electrons. The number of rotatable bonds is 16. The fourth-order valence-corrected chi connectivity index (χ4v) is 1.68. The highest BCUT2D eigenvalue weighted by Gasteiger charge is 2.02. The molecule has 0 aliphatic carbocycles. The van der Waals surface area contributed by atoms with Crippen LogP contribution in [0.4, 0.5) is 0 Å². The van der Waals surface area contributed by atoms with Crippen LogP contribution in [0.2, 0.25) is 0 Å². The first-order valence-electron chi connectivity index (χ1n) is 9.88. The molecule has 2 unspecified atom stereocenters. The van der Waals surface area contributed by atoms with Gasteiger partial charge in [0.2, 0.25) is 0 Å². The summed E-state index contributed by atoms with van der Waals surface area (Å²) in [6.45, 7) is 5.06. The summed E-state index contributed by atoms with van der Waals surface area (Å²) in [7, 11) is 0. The molecule has 0 aliphatic heterocycles. The highest BCUT2D eigenvalue weighted by molar-refractivity contribution is 5.67. The highest BCUT2D eigenvalue weighted by Crippen LogP contribution is 2.00. The monoisotopic (exact) mass is 428 g/mol. The van der Waals surface area contributed by atoms with Crippen LogP contribution < -0.4 is 0 Å². The van der Waals surface area contributed by atoms with E-state index in [1.54, 1.807) is 6.92 Å². The molecular weight excluding hydrogens is 388 g/mol. The maximum Gasteiger partial charge on any atom is 0.303 e. The van der Waals surface area contributed by atoms with E-state index in [4.69, 9.17) is 35.0 Å². The number of aliphatic hydroxyl groups excluding tert-OH is 4. The van der Waals surface area contributed by atoms with E-state index in [2.05, 4.69) is 6.92 Å². The Morgan fingerprint density at radius 1 is 0.828 bits per heavy atom. The minimum atomic E-state index is -0.870. The fraction of sp³-hybridized carbons (Fsp3) is 0.895. The molecular formula is C19H40O10. The van der Waals surface area contributed by atoms with Crippen LogP contribution >= 0.6 is 0 Å². The van der Waals surface area contributed by atoms with Gasteiger partial charge in [-0.2, -0.15) is 0 Å². The largest absolute Gasteiger partial charge is 0.481 e. The van der Waals surface area contributed by atoms with Gasteiger partial charge in [-0.1, -0.05) is 19.8 Å². The van der Waals surface area contributed by atoms with Gasteiger partial charge < -0.3 is 40.1 Å². The van der Waals surface area contributed by atoms with E-state index >= 15 is 0 Å². The number of hydrogen-bond acceptors (Lipinski definition) is 8. The van der Waals surface area contributed by atoms with Crippen molar-refractivity contribution in [1.82, 2.24) is 0 Å². The van der Waals surface area contributed by atoms with Gasteiger partial charge in [-0.05, 0) is 26.2 Å². The van der Waals surface area contributed by atoms with Crippen LogP contribution in [0.15, 0.2) is 0 Å². The first-order chi connectivity index (χ1) is 13.7. The van der Waals surface area contributed by atoms with Crippen LogP contribution in [0.5, 0.6) is 0 Å². The van der Waals surface area contributed by atoms with E-state index in [0.717, 1.165) is 19.3 Å². The lowest BCUT2D eigenvalue weighted by Crippen LogP contribution is -2.16. The molecule has 0 heterocycles. The number of aliphatic hydroxyl groups is 4. The van der Waals surface area contributed by atoms with Crippen molar-refractivity contribution in [2.24, 2.45) is 0 Å². The van der Waals surface area contributed by atoms with E-state index in [-0.39, 0.29) is 32.2 Å². The third-order valence-corrected chi connectivity index (χ3v) is 3.06. The van der Waals surface area contributed by atoms with Crippen molar-refractivity contribution < 1.29 is 49.7 Å². The van der Waals surface area contributed by atoms with Gasteiger partial charge in [0.15, 0.2) is 0 Å². The zero-order valence-electron chi connectivity index (χ0n) is 17.7. The molecule has 0 saturated heterocycles. The Hall–Kier alpha value is -1.30. The Balaban J connectivity index is -0.000000354. The number of carboxylic acids is 2. The van der Waals surface area contributed by atoms with E-state index in [1.807, 2.05) is 0 Å². The van der Waals surface area contributed by atoms with Gasteiger partial charge in [0, 0.05) is 12.8 Å². The van der Waals surface area contributed by atoms with E-state index in [1.165, 1.54) is 0 Å². The van der Waals surface area contributed by atoms with Gasteiger partial charge in [0.1, 0.15) is 0 Å². The number of hydrogen-bond donors (Lipinski definition) is 6. The normalized spacial score (nSPS) is 12.1. The van der Waals surface area contributed by atoms with Crippen molar-refractivity contribution in [3.8, 4) is 0 Å². The molecule has 0 amide bonds. The maximum absolute atomic E-state index is 9.90. The van der Waals surface area contributed by atoms with Gasteiger partial charge in [0.25, 0.3) is 0 Å². The van der Waals surface area contributed by atoms with Gasteiger partial charge in [-0.25, -0.2) is 0 Å². The van der Waals surface area contributed by atoms with E-state index in [9.17, 15) is 14.7 Å². The Labute approximate surface area is 173 Å². The fourth-order valence-electron chi connectivity index (χ4n) is 1.68. The minimum absolute atomic E-state index is 0.0206. The number of aliphatic carboxylic acids is 2. The van der Waals surface area contributed by atoms with Crippen LogP contribution in [-0.2, 0) is 19.1 Å². The molecule has 0 saturated carbocycles. The number of carbonyl (C=O) groups is 2. The van der Waals surface area contributed by atoms with Gasteiger partial charge >= 0.3 is 11.9 Å². The molecule has 0 aliphatic rings. The first-order valence-corrected chi connectivity index (χ1v) is 9.88. The van der Waals surface area contributed by atoms with Crippen LogP contribution in [0.1, 0.15) is 58.8 Å². The average Bonchev–Trinajstić information content (AvgIpc) is 2.64. The summed E-state index contributed by atoms with van der Waals surface area (Å²) < 4.78 is 9.69. The standard InChI is InChI=1S/C8H18O3.C6H10O4.C5H12O3/c1-2-3-4-8(10)7-11-6-5-9;7-5(8)3-1-2-4-6(9)10;1-5(7)4-8-3-2-6/h8-10H,2-7H2,1H3;1-4H2,(H,7,8)(H,9,10);5-7H,2-4H2,1H3. The third kappa shape index (κ3) is 42.0. The zero-order valence-corrected chi connectivity index (χ0v) is 17.7. The molecule has 29 heavy (non-hydrogen) atoms. The van der Waals surface area contributed by atoms with Crippen molar-refractivity contribution in [2.75, 3.05) is 39.6 Å². The topological polar surface area (TPSA) is 174 Å². The Morgan fingerprint density at radius 2 is 1.28 bits per heavy atom. The molecule has 6 N–H and O–H groups in total. The van der Waals surface area contributed by atoms with E-state index < -0.39 is 18.0 Å². The van der Waals surface area contributed by atoms with Gasteiger partial charge in [-0.3, -0.25) is 9.59 Å². The molecule has 0 spiro atoms. The molecule has 0 rings (SSSR count). The second-order valence-electron chi connectivity index (χ2n) is 6.24. The molecule has 0 aromatic carbocycles. The summed E-state index contributed by atoms with van der Waals surface area (Å²) in [5, 5.41) is 50.6. The van der Waals surface area contributed by atoms with Crippen LogP contribution in [-0.4, -0.2) is 94.4 Å². The molecule has 0 aromatic heterocycles. The predicted molar refractivity (Wildman–Crippen MR) is 107 cm³/mol. The highest BCUT2D eigenvalue weighted by atomic mass is 16.5. The number of carboxylic acid groups (broad SMARTS) is 2. The van der Waals surface area contributed by atoms with E-state index in [0.29, 0.717) is 39.3 Å². The second kappa shape index (κ2) is 26.7. The molecule has 0 fully saturated rings. The lowest BCUT2D eigenvalue weighted by atomic mass is 10.2. The van der Waals surface area contributed by atoms with Crippen molar-refractivity contribution in [2.45, 2.75) is 71.0 Å². The summed E-state index contributed by atoms with van der Waals surface area (Å²) in [5.74, 6) is -1.74. The summed E-state index contributed by atoms with van der Waals surface area (Å²) in [6, 6.07) is 0. The lowest BCUT2D eigenvalue weighted by Gasteiger charge is -2.09. The minimum Gasteiger partial charge on any atom is -0.481 e. The van der Waals surface area contributed by atoms with Crippen LogP contribution in [0, 0.1) is 0 Å². The summed E-state index contributed by atoms with van der Waals surface area (Å²) in [6.07, 6.45) is 3.15. The second-order valence-corrected chi connectivity index (χ2v) is 6.24. The predicted octanol–water partition coefficient (Wildman–Crippen LogP) is 0.639. The van der Waals surface area contributed by atoms with Crippen molar-refractivity contribution in [3.63, 3.8) is 0 Å². The number of ether oxygens (including phenoxy) is 2. The quantitative estimate of drug-likeness (QED) is 0.191. The Morgan fingerprint density at radius 3 is 1.62 bits per heavy atom. The summed E-state index contributed by atoms with van der Waals surface area (Å²) in [5.41, 5.74) is 0. The maximum atomic E-state index is 9.90. The van der Waals surface area contributed by atoms with Crippen molar-refractivity contribution in [3.05, 3.63) is 0 Å². The molecule has 0 aromatic rings. The smallest absolute Gasteiger partial charge is 0.303 e. The SMILES string of the molecule is CC(O)COCCO.CCCCC(O)COCCO.O=C(O)CCCCC(=O)O. The number of unbranched alkanes of at least 4 members (excludes halogenated alkanes) is 2. The third-order valence-electron chi connectivity index (χ3n) is 3.06. The molecule has 10 heteroatoms. The van der Waals surface area contributed by atoms with Gasteiger partial charge in [0.05, 0.1) is 51.8 Å². The van der Waals surface area contributed by atoms with Crippen molar-refractivity contribution in [1.29, 1.82) is 0 Å². The molecule has 2 atom stereocenters.